The van der Waals surface area contributed by atoms with E-state index >= 15 is 0 Å². The zero-order chi connectivity index (χ0) is 32.4. The van der Waals surface area contributed by atoms with Crippen molar-refractivity contribution in [2.24, 2.45) is 0 Å². The number of hydrogen-bond acceptors (Lipinski definition) is 3. The zero-order valence-corrected chi connectivity index (χ0v) is 24.9. The Balaban J connectivity index is 1.39. The average Bonchev–Trinajstić information content (AvgIpc) is 3.73. The van der Waals surface area contributed by atoms with E-state index in [-0.39, 0.29) is 18.1 Å². The average molecular weight is 597 g/mol. The predicted molar refractivity (Wildman–Crippen MR) is 192 cm³/mol. The molecule has 3 heteroatoms. The molecule has 0 aliphatic heterocycles. The van der Waals surface area contributed by atoms with Crippen LogP contribution in [0.1, 0.15) is 4.11 Å². The molecule has 0 amide bonds. The predicted octanol–water partition coefficient (Wildman–Crippen LogP) is 12.8. The van der Waals surface area contributed by atoms with E-state index in [4.69, 9.17) is 7.16 Å². The summed E-state index contributed by atoms with van der Waals surface area (Å²) in [5.41, 5.74) is 7.66. The fourth-order valence-electron chi connectivity index (χ4n) is 6.37. The topological polar surface area (TPSA) is 16.4 Å². The second kappa shape index (κ2) is 10.5. The lowest BCUT2D eigenvalue weighted by Gasteiger charge is -2.27. The molecule has 0 aliphatic carbocycles. The first-order valence-corrected chi connectivity index (χ1v) is 15.8. The largest absolute Gasteiger partial charge is 0.454 e. The van der Waals surface area contributed by atoms with Gasteiger partial charge in [0.25, 0.3) is 0 Å². The number of hydrogen-bond donors (Lipinski definition) is 0. The molecule has 0 radical (unpaired) electrons. The van der Waals surface area contributed by atoms with Crippen molar-refractivity contribution in [3.8, 4) is 22.3 Å². The SMILES string of the molecule is [2H]c1c([2H])c([2H])c2c(oc3ccccc32)c1N(c1ccc(-c2ccccc2)cc1)c1ccc(-c2ccccc2)c2c1sc1ccccc12. The maximum atomic E-state index is 9.38. The molecule has 0 saturated heterocycles. The third-order valence-electron chi connectivity index (χ3n) is 8.47. The number of furan rings is 1. The number of benzene rings is 7. The molecule has 0 unspecified atom stereocenters. The Morgan fingerprint density at radius 2 is 1.20 bits per heavy atom. The number of thiophene rings is 1. The minimum atomic E-state index is -0.136. The Morgan fingerprint density at radius 1 is 0.533 bits per heavy atom. The van der Waals surface area contributed by atoms with Crippen molar-refractivity contribution in [3.63, 3.8) is 0 Å². The highest BCUT2D eigenvalue weighted by molar-refractivity contribution is 7.26. The van der Waals surface area contributed by atoms with Gasteiger partial charge >= 0.3 is 0 Å². The van der Waals surface area contributed by atoms with E-state index in [1.54, 1.807) is 11.3 Å². The van der Waals surface area contributed by atoms with Crippen LogP contribution in [0.25, 0.3) is 64.4 Å². The van der Waals surface area contributed by atoms with Gasteiger partial charge in [0.2, 0.25) is 0 Å². The molecule has 0 saturated carbocycles. The van der Waals surface area contributed by atoms with Crippen LogP contribution in [-0.2, 0) is 0 Å². The second-order valence-electron chi connectivity index (χ2n) is 11.1. The van der Waals surface area contributed by atoms with Crippen molar-refractivity contribution in [2.45, 2.75) is 0 Å². The Labute approximate surface area is 269 Å². The van der Waals surface area contributed by atoms with Gasteiger partial charge in [-0.05, 0) is 58.6 Å². The molecule has 2 heterocycles. The van der Waals surface area contributed by atoms with E-state index in [0.29, 0.717) is 22.2 Å². The van der Waals surface area contributed by atoms with Crippen molar-refractivity contribution in [1.82, 2.24) is 0 Å². The number of rotatable bonds is 5. The molecule has 0 fully saturated rings. The minimum Gasteiger partial charge on any atom is -0.454 e. The summed E-state index contributed by atoms with van der Waals surface area (Å²) < 4.78 is 36.1. The van der Waals surface area contributed by atoms with E-state index in [1.807, 2.05) is 48.5 Å². The van der Waals surface area contributed by atoms with Gasteiger partial charge in [0.1, 0.15) is 5.58 Å². The maximum absolute atomic E-state index is 9.38. The third-order valence-corrected chi connectivity index (χ3v) is 9.66. The molecular formula is C42H27NOS. The highest BCUT2D eigenvalue weighted by Crippen LogP contribution is 2.50. The van der Waals surface area contributed by atoms with Crippen LogP contribution >= 0.6 is 11.3 Å². The van der Waals surface area contributed by atoms with Crippen LogP contribution in [-0.4, -0.2) is 0 Å². The first kappa shape index (κ1) is 22.8. The van der Waals surface area contributed by atoms with Gasteiger partial charge in [-0.3, -0.25) is 0 Å². The molecule has 2 aromatic heterocycles. The number of fused-ring (bicyclic) bond motifs is 6. The van der Waals surface area contributed by atoms with Crippen LogP contribution in [0.2, 0.25) is 0 Å². The van der Waals surface area contributed by atoms with E-state index < -0.39 is 0 Å². The fourth-order valence-corrected chi connectivity index (χ4v) is 7.61. The smallest absolute Gasteiger partial charge is 0.159 e. The van der Waals surface area contributed by atoms with Gasteiger partial charge < -0.3 is 9.32 Å². The molecule has 9 aromatic rings. The lowest BCUT2D eigenvalue weighted by Crippen LogP contribution is -2.10. The highest BCUT2D eigenvalue weighted by Gasteiger charge is 2.23. The monoisotopic (exact) mass is 596 g/mol. The summed E-state index contributed by atoms with van der Waals surface area (Å²) >= 11 is 1.72. The van der Waals surface area contributed by atoms with Crippen molar-refractivity contribution < 1.29 is 8.53 Å². The normalized spacial score (nSPS) is 12.5. The zero-order valence-electron chi connectivity index (χ0n) is 27.1. The van der Waals surface area contributed by atoms with Gasteiger partial charge in [0.15, 0.2) is 5.58 Å². The maximum Gasteiger partial charge on any atom is 0.159 e. The summed E-state index contributed by atoms with van der Waals surface area (Å²) in [6, 6.07) is 49.2. The van der Waals surface area contributed by atoms with Crippen molar-refractivity contribution >= 4 is 70.5 Å². The molecule has 0 aliphatic rings. The lowest BCUT2D eigenvalue weighted by atomic mass is 9.98. The van der Waals surface area contributed by atoms with Crippen LogP contribution < -0.4 is 4.90 Å². The molecule has 0 spiro atoms. The van der Waals surface area contributed by atoms with Gasteiger partial charge in [-0.2, -0.15) is 0 Å². The van der Waals surface area contributed by atoms with Gasteiger partial charge in [-0.15, -0.1) is 11.3 Å². The first-order valence-electron chi connectivity index (χ1n) is 16.4. The van der Waals surface area contributed by atoms with Crippen molar-refractivity contribution in [1.29, 1.82) is 0 Å². The van der Waals surface area contributed by atoms with E-state index in [0.717, 1.165) is 49.1 Å². The second-order valence-corrected chi connectivity index (χ2v) is 12.1. The van der Waals surface area contributed by atoms with E-state index in [9.17, 15) is 1.37 Å². The number of anilines is 3. The quantitative estimate of drug-likeness (QED) is 0.196. The van der Waals surface area contributed by atoms with Crippen LogP contribution in [0.5, 0.6) is 0 Å². The van der Waals surface area contributed by atoms with Crippen LogP contribution in [0.4, 0.5) is 17.1 Å². The molecule has 0 atom stereocenters. The Kier molecular flexibility index (Phi) is 5.34. The third kappa shape index (κ3) is 4.24. The molecule has 212 valence electrons. The van der Waals surface area contributed by atoms with Gasteiger partial charge in [-0.1, -0.05) is 127 Å². The molecule has 0 N–H and O–H groups in total. The van der Waals surface area contributed by atoms with Gasteiger partial charge in [-0.25, -0.2) is 0 Å². The summed E-state index contributed by atoms with van der Waals surface area (Å²) in [5, 5.41) is 3.61. The van der Waals surface area contributed by atoms with Gasteiger partial charge in [0, 0.05) is 31.9 Å². The molecule has 2 nitrogen and oxygen atoms in total. The number of para-hydroxylation sites is 2. The van der Waals surface area contributed by atoms with E-state index in [2.05, 4.69) is 102 Å². The molecule has 9 rings (SSSR count). The van der Waals surface area contributed by atoms with Crippen molar-refractivity contribution in [3.05, 3.63) is 164 Å². The lowest BCUT2D eigenvalue weighted by molar-refractivity contribution is 0.669. The summed E-state index contributed by atoms with van der Waals surface area (Å²) in [6.07, 6.45) is 0. The Hall–Kier alpha value is -5.64. The number of nitrogens with zero attached hydrogens (tertiary/aromatic N) is 1. The Morgan fingerprint density at radius 3 is 2.00 bits per heavy atom. The first-order chi connectivity index (χ1) is 23.6. The van der Waals surface area contributed by atoms with Crippen LogP contribution in [0, 0.1) is 0 Å². The summed E-state index contributed by atoms with van der Waals surface area (Å²) in [5.74, 6) is 0. The highest BCUT2D eigenvalue weighted by atomic mass is 32.1. The summed E-state index contributed by atoms with van der Waals surface area (Å²) in [6.45, 7) is 0. The minimum absolute atomic E-state index is 0.00508. The van der Waals surface area contributed by atoms with Crippen LogP contribution in [0.3, 0.4) is 0 Å². The molecule has 45 heavy (non-hydrogen) atoms. The van der Waals surface area contributed by atoms with E-state index in [1.165, 1.54) is 10.1 Å². The summed E-state index contributed by atoms with van der Waals surface area (Å²) in [7, 11) is 0. The molecular weight excluding hydrogens is 567 g/mol. The molecule has 0 bridgehead atoms. The summed E-state index contributed by atoms with van der Waals surface area (Å²) in [4.78, 5) is 2.06. The van der Waals surface area contributed by atoms with Gasteiger partial charge in [0.05, 0.1) is 20.2 Å². The standard InChI is InChI=1S/C42H27NOS/c1-3-12-28(13-4-1)29-22-24-31(25-23-29)43(36-19-11-18-34-33-16-7-9-20-38(33)44-41(34)36)37-27-26-32(30-14-5-2-6-15-30)40-35-17-8-10-21-39(35)45-42(37)40/h1-27H/i11D,18D,19D. The van der Waals surface area contributed by atoms with Crippen LogP contribution in [0.15, 0.2) is 168 Å². The fraction of sp³-hybridized carbons (Fsp3) is 0. The van der Waals surface area contributed by atoms with Crippen molar-refractivity contribution in [2.75, 3.05) is 4.90 Å². The Bertz CT molecular complexity index is 2650. The molecule has 7 aromatic carbocycles.